The maximum atomic E-state index is 13.2. The summed E-state index contributed by atoms with van der Waals surface area (Å²) in [5.74, 6) is 0.512. The van der Waals surface area contributed by atoms with Crippen molar-refractivity contribution < 1.29 is 17.7 Å². The number of aromatic nitrogens is 2. The van der Waals surface area contributed by atoms with Crippen molar-refractivity contribution in [3.05, 3.63) is 16.8 Å². The largest absolute Gasteiger partial charge is 0.353 e. The third-order valence-electron chi connectivity index (χ3n) is 4.92. The molecule has 27 heavy (non-hydrogen) atoms. The van der Waals surface area contributed by atoms with E-state index >= 15 is 0 Å². The number of thiophene rings is 1. The molecule has 0 unspecified atom stereocenters. The molecule has 2 aliphatic rings. The Morgan fingerprint density at radius 2 is 2.11 bits per heavy atom. The number of sulfonamides is 1. The second-order valence-electron chi connectivity index (χ2n) is 7.15. The fourth-order valence-corrected chi connectivity index (χ4v) is 6.30. The number of piperidine rings is 1. The highest BCUT2D eigenvalue weighted by Crippen LogP contribution is 2.35. The van der Waals surface area contributed by atoms with Gasteiger partial charge in [0.05, 0.1) is 15.7 Å². The Hall–Kier alpha value is -1.78. The summed E-state index contributed by atoms with van der Waals surface area (Å²) in [6, 6.07) is 1.89. The van der Waals surface area contributed by atoms with E-state index in [9.17, 15) is 13.2 Å². The quantitative estimate of drug-likeness (QED) is 0.809. The molecule has 1 amide bonds. The minimum Gasteiger partial charge on any atom is -0.353 e. The molecule has 10 heteroatoms. The molecule has 4 rings (SSSR count). The predicted octanol–water partition coefficient (Wildman–Crippen LogP) is 2.09. The predicted molar refractivity (Wildman–Crippen MR) is 99.7 cm³/mol. The molecule has 0 radical (unpaired) electrons. The molecule has 2 fully saturated rings. The summed E-state index contributed by atoms with van der Waals surface area (Å²) in [4.78, 5) is 18.1. The minimum atomic E-state index is -3.67. The van der Waals surface area contributed by atoms with Crippen LogP contribution in [0.4, 0.5) is 0 Å². The molecule has 1 saturated heterocycles. The van der Waals surface area contributed by atoms with Gasteiger partial charge < -0.3 is 9.84 Å². The number of aryl methyl sites for hydroxylation is 2. The van der Waals surface area contributed by atoms with Crippen molar-refractivity contribution in [2.24, 2.45) is 5.92 Å². The average Bonchev–Trinajstić information content (AvgIpc) is 3.20. The Labute approximate surface area is 162 Å². The van der Waals surface area contributed by atoms with Crippen LogP contribution in [0.25, 0.3) is 10.7 Å². The molecule has 1 saturated carbocycles. The van der Waals surface area contributed by atoms with E-state index < -0.39 is 10.0 Å². The van der Waals surface area contributed by atoms with Crippen molar-refractivity contribution in [2.75, 3.05) is 13.1 Å². The number of hydrogen-bond acceptors (Lipinski definition) is 7. The summed E-state index contributed by atoms with van der Waals surface area (Å²) in [5, 5.41) is 6.86. The highest BCUT2D eigenvalue weighted by molar-refractivity contribution is 7.89. The van der Waals surface area contributed by atoms with E-state index in [0.717, 1.165) is 19.3 Å². The standard InChI is InChI=1S/C17H22N4O4S2/c1-10-15(8-14(26-10)16-18-11(2)25-20-16)27(23,24)21-7-3-4-12(9-21)17(22)19-13-5-6-13/h8,12-13H,3-7,9H2,1-2H3,(H,19,22)/t12-/m1/s1. The lowest BCUT2D eigenvalue weighted by Gasteiger charge is -2.31. The maximum absolute atomic E-state index is 13.2. The number of rotatable bonds is 5. The zero-order chi connectivity index (χ0) is 19.2. The molecular formula is C17H22N4O4S2. The molecule has 8 nitrogen and oxygen atoms in total. The van der Waals surface area contributed by atoms with Crippen LogP contribution in [0.2, 0.25) is 0 Å². The zero-order valence-corrected chi connectivity index (χ0v) is 16.9. The van der Waals surface area contributed by atoms with Gasteiger partial charge in [-0.3, -0.25) is 4.79 Å². The molecule has 0 spiro atoms. The molecule has 1 aliphatic heterocycles. The molecule has 1 atom stereocenters. The van der Waals surface area contributed by atoms with E-state index in [1.54, 1.807) is 19.9 Å². The Balaban J connectivity index is 1.55. The normalized spacial score (nSPS) is 21.3. The van der Waals surface area contributed by atoms with Crippen molar-refractivity contribution in [1.29, 1.82) is 0 Å². The van der Waals surface area contributed by atoms with Crippen molar-refractivity contribution in [3.63, 3.8) is 0 Å². The van der Waals surface area contributed by atoms with Crippen LogP contribution in [-0.4, -0.2) is 47.9 Å². The number of hydrogen-bond donors (Lipinski definition) is 1. The van der Waals surface area contributed by atoms with Crippen LogP contribution in [-0.2, 0) is 14.8 Å². The molecule has 2 aromatic rings. The summed E-state index contributed by atoms with van der Waals surface area (Å²) in [7, 11) is -3.67. The van der Waals surface area contributed by atoms with Crippen LogP contribution in [0.5, 0.6) is 0 Å². The van der Waals surface area contributed by atoms with Gasteiger partial charge in [-0.15, -0.1) is 11.3 Å². The fraction of sp³-hybridized carbons (Fsp3) is 0.588. The van der Waals surface area contributed by atoms with Crippen LogP contribution in [0.3, 0.4) is 0 Å². The van der Waals surface area contributed by atoms with Crippen LogP contribution < -0.4 is 5.32 Å². The summed E-state index contributed by atoms with van der Waals surface area (Å²) in [6.07, 6.45) is 3.45. The monoisotopic (exact) mass is 410 g/mol. The zero-order valence-electron chi connectivity index (χ0n) is 15.3. The van der Waals surface area contributed by atoms with Gasteiger partial charge in [0.1, 0.15) is 0 Å². The van der Waals surface area contributed by atoms with Gasteiger partial charge in [0.2, 0.25) is 27.6 Å². The second kappa shape index (κ2) is 6.99. The maximum Gasteiger partial charge on any atom is 0.244 e. The first-order valence-electron chi connectivity index (χ1n) is 9.06. The van der Waals surface area contributed by atoms with Gasteiger partial charge >= 0.3 is 0 Å². The summed E-state index contributed by atoms with van der Waals surface area (Å²) in [5.41, 5.74) is 0. The second-order valence-corrected chi connectivity index (χ2v) is 10.3. The smallest absolute Gasteiger partial charge is 0.244 e. The number of carbonyl (C=O) groups is 1. The lowest BCUT2D eigenvalue weighted by atomic mass is 9.99. The Morgan fingerprint density at radius 1 is 1.33 bits per heavy atom. The molecule has 1 N–H and O–H groups in total. The van der Waals surface area contributed by atoms with Crippen molar-refractivity contribution in [1.82, 2.24) is 19.8 Å². The van der Waals surface area contributed by atoms with Gasteiger partial charge in [-0.25, -0.2) is 8.42 Å². The SMILES string of the molecule is Cc1nc(-c2cc(S(=O)(=O)N3CCC[C@@H](C(=O)NC4CC4)C3)c(C)s2)no1. The number of nitrogens with one attached hydrogen (secondary N) is 1. The van der Waals surface area contributed by atoms with Gasteiger partial charge in [0.25, 0.3) is 0 Å². The number of amides is 1. The molecule has 146 valence electrons. The van der Waals surface area contributed by atoms with Crippen LogP contribution in [0, 0.1) is 19.8 Å². The lowest BCUT2D eigenvalue weighted by Crippen LogP contribution is -2.45. The summed E-state index contributed by atoms with van der Waals surface area (Å²) in [6.45, 7) is 4.12. The summed E-state index contributed by atoms with van der Waals surface area (Å²) < 4.78 is 32.8. The van der Waals surface area contributed by atoms with E-state index in [2.05, 4.69) is 15.5 Å². The van der Waals surface area contributed by atoms with E-state index in [0.29, 0.717) is 34.4 Å². The van der Waals surface area contributed by atoms with Crippen molar-refractivity contribution in [3.8, 4) is 10.7 Å². The van der Waals surface area contributed by atoms with Gasteiger partial charge in [-0.05, 0) is 38.7 Å². The number of carbonyl (C=O) groups excluding carboxylic acids is 1. The van der Waals surface area contributed by atoms with Crippen molar-refractivity contribution in [2.45, 2.75) is 50.5 Å². The topological polar surface area (TPSA) is 105 Å². The van der Waals surface area contributed by atoms with E-state index in [1.165, 1.54) is 15.6 Å². The molecule has 0 aromatic carbocycles. The van der Waals surface area contributed by atoms with Crippen molar-refractivity contribution >= 4 is 27.3 Å². The molecular weight excluding hydrogens is 388 g/mol. The van der Waals surface area contributed by atoms with Gasteiger partial charge in [-0.2, -0.15) is 9.29 Å². The average molecular weight is 411 g/mol. The van der Waals surface area contributed by atoms with E-state index in [4.69, 9.17) is 4.52 Å². The number of nitrogens with zero attached hydrogens (tertiary/aromatic N) is 3. The van der Waals surface area contributed by atoms with E-state index in [-0.39, 0.29) is 29.3 Å². The van der Waals surface area contributed by atoms with Crippen LogP contribution in [0.1, 0.15) is 36.5 Å². The molecule has 2 aromatic heterocycles. The Kier molecular flexibility index (Phi) is 4.81. The Morgan fingerprint density at radius 3 is 2.78 bits per heavy atom. The van der Waals surface area contributed by atoms with Gasteiger partial charge in [0.15, 0.2) is 0 Å². The highest BCUT2D eigenvalue weighted by atomic mass is 32.2. The first kappa shape index (κ1) is 18.6. The van der Waals surface area contributed by atoms with Crippen LogP contribution >= 0.6 is 11.3 Å². The van der Waals surface area contributed by atoms with E-state index in [1.807, 2.05) is 0 Å². The first-order chi connectivity index (χ1) is 12.8. The highest BCUT2D eigenvalue weighted by Gasteiger charge is 2.36. The third kappa shape index (κ3) is 3.78. The molecule has 3 heterocycles. The third-order valence-corrected chi connectivity index (χ3v) is 8.08. The fourth-order valence-electron chi connectivity index (χ4n) is 3.29. The van der Waals surface area contributed by atoms with Gasteiger partial charge in [-0.1, -0.05) is 5.16 Å². The minimum absolute atomic E-state index is 0.0256. The molecule has 1 aliphatic carbocycles. The lowest BCUT2D eigenvalue weighted by molar-refractivity contribution is -0.126. The Bertz CT molecular complexity index is 961. The molecule has 0 bridgehead atoms. The van der Waals surface area contributed by atoms with Crippen LogP contribution in [0.15, 0.2) is 15.5 Å². The van der Waals surface area contributed by atoms with Gasteiger partial charge in [0, 0.05) is 30.9 Å². The summed E-state index contributed by atoms with van der Waals surface area (Å²) >= 11 is 1.33. The first-order valence-corrected chi connectivity index (χ1v) is 11.3.